The number of carbonyl (C=O) groups is 1. The zero-order chi connectivity index (χ0) is 24.2. The summed E-state index contributed by atoms with van der Waals surface area (Å²) in [5, 5.41) is 1.38. The number of rotatable bonds is 5. The molecular weight excluding hydrogens is 485 g/mol. The first-order chi connectivity index (χ1) is 17.1. The molecule has 35 heavy (non-hydrogen) atoms. The van der Waals surface area contributed by atoms with Crippen LogP contribution in [0.5, 0.6) is 5.75 Å². The molecule has 2 heterocycles. The quantitative estimate of drug-likeness (QED) is 0.405. The highest BCUT2D eigenvalue weighted by molar-refractivity contribution is 8.18. The maximum atomic E-state index is 14.1. The van der Waals surface area contributed by atoms with Gasteiger partial charge in [0.2, 0.25) is 0 Å². The molecule has 0 aromatic heterocycles. The first-order valence-electron chi connectivity index (χ1n) is 11.3. The second-order valence-electron chi connectivity index (χ2n) is 8.18. The Hall–Kier alpha value is -3.29. The minimum Gasteiger partial charge on any atom is -0.489 e. The number of amides is 1. The number of nitrogens with zero attached hydrogens (tertiary/aromatic N) is 3. The molecule has 3 aromatic carbocycles. The van der Waals surface area contributed by atoms with Crippen LogP contribution in [0, 0.1) is 5.82 Å². The molecule has 0 aliphatic carbocycles. The first-order valence-corrected chi connectivity index (χ1v) is 12.5. The van der Waals surface area contributed by atoms with Crippen molar-refractivity contribution in [1.82, 2.24) is 4.90 Å². The molecule has 3 aromatic rings. The maximum absolute atomic E-state index is 14.1. The Labute approximate surface area is 212 Å². The van der Waals surface area contributed by atoms with Gasteiger partial charge in [-0.15, -0.1) is 0 Å². The van der Waals surface area contributed by atoms with Crippen LogP contribution in [0.3, 0.4) is 0 Å². The second kappa shape index (κ2) is 10.5. The minimum absolute atomic E-state index is 0.214. The van der Waals surface area contributed by atoms with Gasteiger partial charge < -0.3 is 14.5 Å². The van der Waals surface area contributed by atoms with Crippen LogP contribution in [0.25, 0.3) is 6.08 Å². The van der Waals surface area contributed by atoms with Gasteiger partial charge >= 0.3 is 0 Å². The lowest BCUT2D eigenvalue weighted by Crippen LogP contribution is -2.48. The molecule has 1 amide bonds. The van der Waals surface area contributed by atoms with E-state index < -0.39 is 0 Å². The van der Waals surface area contributed by atoms with Crippen LogP contribution >= 0.6 is 23.4 Å². The molecule has 0 radical (unpaired) electrons. The van der Waals surface area contributed by atoms with Crippen LogP contribution in [0.2, 0.25) is 5.02 Å². The summed E-state index contributed by atoms with van der Waals surface area (Å²) >= 11 is 7.56. The van der Waals surface area contributed by atoms with Crippen molar-refractivity contribution in [2.75, 3.05) is 31.1 Å². The monoisotopic (exact) mass is 507 g/mol. The lowest BCUT2D eigenvalue weighted by Gasteiger charge is -2.36. The van der Waals surface area contributed by atoms with E-state index in [1.165, 1.54) is 17.8 Å². The Kier molecular flexibility index (Phi) is 7.06. The molecule has 5 nitrogen and oxygen atoms in total. The first kappa shape index (κ1) is 23.5. The average molecular weight is 508 g/mol. The zero-order valence-corrected chi connectivity index (χ0v) is 20.4. The lowest BCUT2D eigenvalue weighted by atomic mass is 10.2. The van der Waals surface area contributed by atoms with E-state index in [0.29, 0.717) is 53.6 Å². The number of anilines is 1. The molecular formula is C27H23ClFN3O2S. The molecule has 0 spiro atoms. The van der Waals surface area contributed by atoms with Crippen LogP contribution in [0.15, 0.2) is 82.7 Å². The van der Waals surface area contributed by atoms with E-state index in [2.05, 4.69) is 9.89 Å². The van der Waals surface area contributed by atoms with Crippen molar-refractivity contribution in [3.05, 3.63) is 99.7 Å². The van der Waals surface area contributed by atoms with E-state index in [1.54, 1.807) is 12.1 Å². The topological polar surface area (TPSA) is 45.1 Å². The van der Waals surface area contributed by atoms with Gasteiger partial charge in [0.05, 0.1) is 10.6 Å². The summed E-state index contributed by atoms with van der Waals surface area (Å²) < 4.78 is 19.9. The third kappa shape index (κ3) is 5.52. The van der Waals surface area contributed by atoms with Crippen molar-refractivity contribution in [2.24, 2.45) is 4.99 Å². The molecule has 0 N–H and O–H groups in total. The van der Waals surface area contributed by atoms with Crippen LogP contribution in [-0.2, 0) is 11.4 Å². The van der Waals surface area contributed by atoms with E-state index >= 15 is 0 Å². The summed E-state index contributed by atoms with van der Waals surface area (Å²) in [5.41, 5.74) is 2.43. The molecule has 2 aliphatic heterocycles. The highest BCUT2D eigenvalue weighted by Crippen LogP contribution is 2.31. The summed E-state index contributed by atoms with van der Waals surface area (Å²) in [6.07, 6.45) is 1.84. The molecule has 8 heteroatoms. The summed E-state index contributed by atoms with van der Waals surface area (Å²) in [4.78, 5) is 21.5. The normalized spacial score (nSPS) is 17.1. The Morgan fingerprint density at radius 2 is 1.63 bits per heavy atom. The number of benzene rings is 3. The predicted molar refractivity (Wildman–Crippen MR) is 140 cm³/mol. The van der Waals surface area contributed by atoms with Gasteiger partial charge in [-0.25, -0.2) is 4.39 Å². The fourth-order valence-electron chi connectivity index (χ4n) is 3.97. The molecule has 0 atom stereocenters. The SMILES string of the molecule is O=C1N=C(N2CCN(c3ccccc3F)CC2)SC1=Cc1ccc(OCc2ccccc2Cl)cc1. The highest BCUT2D eigenvalue weighted by Gasteiger charge is 2.29. The highest BCUT2D eigenvalue weighted by atomic mass is 35.5. The van der Waals surface area contributed by atoms with Gasteiger partial charge in [0.15, 0.2) is 5.17 Å². The van der Waals surface area contributed by atoms with E-state index in [1.807, 2.05) is 65.6 Å². The summed E-state index contributed by atoms with van der Waals surface area (Å²) in [6.45, 7) is 3.08. The maximum Gasteiger partial charge on any atom is 0.286 e. The number of hydrogen-bond acceptors (Lipinski definition) is 5. The van der Waals surface area contributed by atoms with E-state index in [-0.39, 0.29) is 11.7 Å². The van der Waals surface area contributed by atoms with Gasteiger partial charge in [-0.1, -0.05) is 54.1 Å². The molecule has 1 fully saturated rings. The Morgan fingerprint density at radius 3 is 2.37 bits per heavy atom. The lowest BCUT2D eigenvalue weighted by molar-refractivity contribution is -0.113. The van der Waals surface area contributed by atoms with Crippen LogP contribution in [0.1, 0.15) is 11.1 Å². The summed E-state index contributed by atoms with van der Waals surface area (Å²) in [7, 11) is 0. The zero-order valence-electron chi connectivity index (χ0n) is 18.9. The number of aliphatic imine (C=N–C) groups is 1. The van der Waals surface area contributed by atoms with Crippen molar-refractivity contribution in [2.45, 2.75) is 6.61 Å². The van der Waals surface area contributed by atoms with E-state index in [4.69, 9.17) is 16.3 Å². The number of thioether (sulfide) groups is 1. The van der Waals surface area contributed by atoms with Gasteiger partial charge in [-0.2, -0.15) is 4.99 Å². The van der Waals surface area contributed by atoms with Gasteiger partial charge in [0, 0.05) is 36.8 Å². The Morgan fingerprint density at radius 1 is 0.943 bits per heavy atom. The third-order valence-corrected chi connectivity index (χ3v) is 7.30. The van der Waals surface area contributed by atoms with E-state index in [9.17, 15) is 9.18 Å². The van der Waals surface area contributed by atoms with Crippen molar-refractivity contribution in [1.29, 1.82) is 0 Å². The summed E-state index contributed by atoms with van der Waals surface area (Å²) in [5.74, 6) is 0.275. The average Bonchev–Trinajstić information content (AvgIpc) is 3.25. The van der Waals surface area contributed by atoms with Crippen LogP contribution in [0.4, 0.5) is 10.1 Å². The number of para-hydroxylation sites is 1. The number of hydrogen-bond donors (Lipinski definition) is 0. The van der Waals surface area contributed by atoms with Crippen molar-refractivity contribution in [3.63, 3.8) is 0 Å². The largest absolute Gasteiger partial charge is 0.489 e. The number of ether oxygens (including phenoxy) is 1. The molecule has 1 saturated heterocycles. The fraction of sp³-hybridized carbons (Fsp3) is 0.185. The fourth-order valence-corrected chi connectivity index (χ4v) is 5.12. The molecule has 0 saturated carbocycles. The number of amidine groups is 1. The van der Waals surface area contributed by atoms with Gasteiger partial charge in [-0.3, -0.25) is 4.79 Å². The van der Waals surface area contributed by atoms with E-state index in [0.717, 1.165) is 16.9 Å². The third-order valence-electron chi connectivity index (χ3n) is 5.88. The smallest absolute Gasteiger partial charge is 0.286 e. The number of halogens is 2. The molecule has 2 aliphatic rings. The standard InChI is InChI=1S/C27H23ClFN3O2S/c28-22-6-2-1-5-20(22)18-34-21-11-9-19(10-12-21)17-25-26(33)30-27(35-25)32-15-13-31(14-16-32)24-8-4-3-7-23(24)29/h1-12,17H,13-16,18H2. The van der Waals surface area contributed by atoms with Crippen molar-refractivity contribution >= 4 is 46.2 Å². The number of piperazine rings is 1. The molecule has 0 unspecified atom stereocenters. The predicted octanol–water partition coefficient (Wildman–Crippen LogP) is 5.85. The molecule has 0 bridgehead atoms. The van der Waals surface area contributed by atoms with Crippen molar-refractivity contribution < 1.29 is 13.9 Å². The van der Waals surface area contributed by atoms with Gasteiger partial charge in [0.1, 0.15) is 18.2 Å². The Bertz CT molecular complexity index is 1290. The number of carbonyl (C=O) groups excluding carboxylic acids is 1. The molecule has 178 valence electrons. The van der Waals surface area contributed by atoms with Crippen molar-refractivity contribution in [3.8, 4) is 5.75 Å². The molecule has 5 rings (SSSR count). The van der Waals surface area contributed by atoms with Crippen LogP contribution < -0.4 is 9.64 Å². The second-order valence-corrected chi connectivity index (χ2v) is 9.60. The Balaban J connectivity index is 1.17. The van der Waals surface area contributed by atoms with Gasteiger partial charge in [-0.05, 0) is 53.7 Å². The minimum atomic E-state index is -0.236. The van der Waals surface area contributed by atoms with Gasteiger partial charge in [0.25, 0.3) is 5.91 Å². The van der Waals surface area contributed by atoms with Crippen LogP contribution in [-0.4, -0.2) is 42.2 Å². The summed E-state index contributed by atoms with van der Waals surface area (Å²) in [6, 6.07) is 22.0.